The summed E-state index contributed by atoms with van der Waals surface area (Å²) in [5.74, 6) is 0.932. The summed E-state index contributed by atoms with van der Waals surface area (Å²) in [5, 5.41) is 17.5. The fourth-order valence-corrected chi connectivity index (χ4v) is 3.19. The van der Waals surface area contributed by atoms with Crippen LogP contribution >= 0.6 is 11.3 Å². The van der Waals surface area contributed by atoms with Gasteiger partial charge in [-0.15, -0.1) is 26.2 Å². The molecule has 3 aromatic rings. The van der Waals surface area contributed by atoms with E-state index in [0.717, 1.165) is 23.8 Å². The first-order valence-electron chi connectivity index (χ1n) is 6.94. The van der Waals surface area contributed by atoms with Gasteiger partial charge in [-0.3, -0.25) is 4.79 Å². The smallest absolute Gasteiger partial charge is 0.264 e. The number of hydrogen-bond acceptors (Lipinski definition) is 7. The highest BCUT2D eigenvalue weighted by molar-refractivity contribution is 7.12. The normalized spacial score (nSPS) is 15.5. The molecular formula is C13H13N7OS. The van der Waals surface area contributed by atoms with Crippen molar-refractivity contribution in [2.75, 3.05) is 31.1 Å². The van der Waals surface area contributed by atoms with E-state index >= 15 is 0 Å². The first kappa shape index (κ1) is 13.1. The third-order valence-electron chi connectivity index (χ3n) is 3.68. The number of thiophene rings is 1. The Morgan fingerprint density at radius 2 is 2.00 bits per heavy atom. The van der Waals surface area contributed by atoms with Gasteiger partial charge < -0.3 is 9.80 Å². The molecule has 3 aromatic heterocycles. The van der Waals surface area contributed by atoms with Crippen molar-refractivity contribution < 1.29 is 4.79 Å². The van der Waals surface area contributed by atoms with Crippen molar-refractivity contribution in [2.45, 2.75) is 0 Å². The van der Waals surface area contributed by atoms with Gasteiger partial charge in [0.2, 0.25) is 0 Å². The number of carbonyl (C=O) groups excluding carboxylic acids is 1. The maximum Gasteiger partial charge on any atom is 0.264 e. The van der Waals surface area contributed by atoms with E-state index in [4.69, 9.17) is 0 Å². The minimum absolute atomic E-state index is 0.110. The molecule has 4 heterocycles. The average Bonchev–Trinajstić information content (AvgIpc) is 3.25. The summed E-state index contributed by atoms with van der Waals surface area (Å²) in [7, 11) is 0. The maximum absolute atomic E-state index is 12.3. The molecular weight excluding hydrogens is 302 g/mol. The molecule has 1 amide bonds. The number of tetrazole rings is 1. The zero-order valence-corrected chi connectivity index (χ0v) is 12.5. The molecule has 0 unspecified atom stereocenters. The fourth-order valence-electron chi connectivity index (χ4n) is 2.50. The van der Waals surface area contributed by atoms with Gasteiger partial charge in [0.25, 0.3) is 5.91 Å². The molecule has 1 aliphatic heterocycles. The van der Waals surface area contributed by atoms with Crippen LogP contribution in [-0.2, 0) is 0 Å². The Balaban J connectivity index is 1.46. The van der Waals surface area contributed by atoms with Crippen LogP contribution < -0.4 is 4.90 Å². The van der Waals surface area contributed by atoms with E-state index in [0.29, 0.717) is 18.7 Å². The van der Waals surface area contributed by atoms with Crippen LogP contribution in [0, 0.1) is 0 Å². The van der Waals surface area contributed by atoms with Crippen molar-refractivity contribution in [1.82, 2.24) is 30.2 Å². The highest BCUT2D eigenvalue weighted by atomic mass is 32.1. The maximum atomic E-state index is 12.3. The van der Waals surface area contributed by atoms with Crippen molar-refractivity contribution in [2.24, 2.45) is 0 Å². The lowest BCUT2D eigenvalue weighted by molar-refractivity contribution is 0.0751. The second-order valence-electron chi connectivity index (χ2n) is 4.97. The molecule has 9 heteroatoms. The highest BCUT2D eigenvalue weighted by Crippen LogP contribution is 2.17. The summed E-state index contributed by atoms with van der Waals surface area (Å²) in [6, 6.07) is 7.51. The highest BCUT2D eigenvalue weighted by Gasteiger charge is 2.23. The van der Waals surface area contributed by atoms with E-state index in [9.17, 15) is 4.79 Å². The average molecular weight is 315 g/mol. The van der Waals surface area contributed by atoms with Crippen LogP contribution in [0.5, 0.6) is 0 Å². The Kier molecular flexibility index (Phi) is 3.19. The van der Waals surface area contributed by atoms with Crippen molar-refractivity contribution >= 4 is 28.7 Å². The van der Waals surface area contributed by atoms with Gasteiger partial charge in [0.15, 0.2) is 11.5 Å². The molecule has 4 rings (SSSR count). The lowest BCUT2D eigenvalue weighted by Crippen LogP contribution is -2.49. The Labute approximate surface area is 129 Å². The topological polar surface area (TPSA) is 79.5 Å². The fraction of sp³-hybridized carbons (Fsp3) is 0.308. The number of fused-ring (bicyclic) bond motifs is 1. The van der Waals surface area contributed by atoms with Crippen molar-refractivity contribution in [1.29, 1.82) is 0 Å². The van der Waals surface area contributed by atoms with Gasteiger partial charge in [0, 0.05) is 26.2 Å². The molecule has 0 radical (unpaired) electrons. The first-order valence-corrected chi connectivity index (χ1v) is 7.82. The van der Waals surface area contributed by atoms with Crippen LogP contribution in [0.1, 0.15) is 9.67 Å². The minimum atomic E-state index is 0.110. The molecule has 8 nitrogen and oxygen atoms in total. The lowest BCUT2D eigenvalue weighted by Gasteiger charge is -2.35. The van der Waals surface area contributed by atoms with Gasteiger partial charge >= 0.3 is 0 Å². The van der Waals surface area contributed by atoms with Gasteiger partial charge in [0.1, 0.15) is 0 Å². The molecule has 0 spiro atoms. The van der Waals surface area contributed by atoms with Crippen molar-refractivity contribution in [3.63, 3.8) is 0 Å². The van der Waals surface area contributed by atoms with Gasteiger partial charge in [-0.2, -0.15) is 0 Å². The number of piperazine rings is 1. The summed E-state index contributed by atoms with van der Waals surface area (Å²) in [6.07, 6.45) is 0. The van der Waals surface area contributed by atoms with Crippen LogP contribution in [0.2, 0.25) is 0 Å². The second kappa shape index (κ2) is 5.34. The predicted molar refractivity (Wildman–Crippen MR) is 81.0 cm³/mol. The van der Waals surface area contributed by atoms with Crippen LogP contribution in [-0.4, -0.2) is 62.2 Å². The molecule has 0 N–H and O–H groups in total. The molecule has 22 heavy (non-hydrogen) atoms. The van der Waals surface area contributed by atoms with Crippen LogP contribution in [0.4, 0.5) is 5.82 Å². The largest absolute Gasteiger partial charge is 0.352 e. The molecule has 1 fully saturated rings. The monoisotopic (exact) mass is 315 g/mol. The number of nitrogens with zero attached hydrogens (tertiary/aromatic N) is 7. The summed E-state index contributed by atoms with van der Waals surface area (Å²) in [4.78, 5) is 17.1. The molecule has 0 atom stereocenters. The molecule has 0 saturated carbocycles. The summed E-state index contributed by atoms with van der Waals surface area (Å²) >= 11 is 1.48. The number of aromatic nitrogens is 5. The molecule has 0 aromatic carbocycles. The molecule has 0 aliphatic carbocycles. The first-order chi connectivity index (χ1) is 10.8. The quantitative estimate of drug-likeness (QED) is 0.687. The van der Waals surface area contributed by atoms with E-state index in [1.807, 2.05) is 34.5 Å². The predicted octanol–water partition coefficient (Wildman–Crippen LogP) is 0.543. The summed E-state index contributed by atoms with van der Waals surface area (Å²) in [5.41, 5.74) is 0.621. The second-order valence-corrected chi connectivity index (χ2v) is 5.92. The Morgan fingerprint density at radius 1 is 1.14 bits per heavy atom. The van der Waals surface area contributed by atoms with Gasteiger partial charge in [-0.25, -0.2) is 0 Å². The van der Waals surface area contributed by atoms with E-state index < -0.39 is 0 Å². The Hall–Kier alpha value is -2.55. The van der Waals surface area contributed by atoms with E-state index in [2.05, 4.69) is 25.5 Å². The minimum Gasteiger partial charge on any atom is -0.352 e. The molecule has 1 saturated heterocycles. The summed E-state index contributed by atoms with van der Waals surface area (Å²) in [6.45, 7) is 2.87. The van der Waals surface area contributed by atoms with Crippen LogP contribution in [0.25, 0.3) is 5.65 Å². The van der Waals surface area contributed by atoms with E-state index in [1.54, 1.807) is 0 Å². The van der Waals surface area contributed by atoms with Gasteiger partial charge in [0.05, 0.1) is 4.88 Å². The van der Waals surface area contributed by atoms with Gasteiger partial charge in [-0.1, -0.05) is 6.07 Å². The third kappa shape index (κ3) is 2.29. The van der Waals surface area contributed by atoms with Crippen LogP contribution in [0.3, 0.4) is 0 Å². The summed E-state index contributed by atoms with van der Waals surface area (Å²) < 4.78 is 1.42. The van der Waals surface area contributed by atoms with E-state index in [-0.39, 0.29) is 5.91 Å². The van der Waals surface area contributed by atoms with Gasteiger partial charge in [-0.05, 0) is 34.0 Å². The lowest BCUT2D eigenvalue weighted by atomic mass is 10.3. The zero-order valence-electron chi connectivity index (χ0n) is 11.7. The number of hydrogen-bond donors (Lipinski definition) is 0. The number of carbonyl (C=O) groups is 1. The standard InChI is InChI=1S/C13H13N7OS/c21-13(10-2-1-9-22-10)19-7-5-18(6-8-19)12-4-3-11-14-16-17-20(11)15-12/h1-4,9H,5-8H2. The SMILES string of the molecule is O=C(c1cccs1)N1CCN(c2ccc3nnnn3n2)CC1. The molecule has 0 bridgehead atoms. The molecule has 1 aliphatic rings. The number of amides is 1. The zero-order chi connectivity index (χ0) is 14.9. The van der Waals surface area contributed by atoms with Crippen molar-refractivity contribution in [3.05, 3.63) is 34.5 Å². The third-order valence-corrected chi connectivity index (χ3v) is 4.54. The Bertz CT molecular complexity index is 792. The van der Waals surface area contributed by atoms with Crippen molar-refractivity contribution in [3.8, 4) is 0 Å². The Morgan fingerprint density at radius 3 is 2.77 bits per heavy atom. The molecule has 112 valence electrons. The van der Waals surface area contributed by atoms with Crippen LogP contribution in [0.15, 0.2) is 29.6 Å². The number of rotatable bonds is 2. The van der Waals surface area contributed by atoms with E-state index in [1.165, 1.54) is 16.0 Å². The number of anilines is 1.